The zero-order chi connectivity index (χ0) is 10.4. The van der Waals surface area contributed by atoms with Crippen LogP contribution in [0.5, 0.6) is 0 Å². The van der Waals surface area contributed by atoms with Gasteiger partial charge in [0.05, 0.1) is 19.6 Å². The Labute approximate surface area is 107 Å². The third-order valence-corrected chi connectivity index (χ3v) is 3.37. The molecule has 0 unspecified atom stereocenters. The fourth-order valence-electron chi connectivity index (χ4n) is 1.98. The Kier molecular flexibility index (Phi) is 7.05. The van der Waals surface area contributed by atoms with Crippen molar-refractivity contribution in [1.82, 2.24) is 0 Å². The van der Waals surface area contributed by atoms with E-state index in [-0.39, 0.29) is 19.5 Å². The first-order chi connectivity index (χ1) is 6.76. The minimum absolute atomic E-state index is 0. The van der Waals surface area contributed by atoms with Crippen LogP contribution in [0.2, 0.25) is 0 Å². The van der Waals surface area contributed by atoms with E-state index in [2.05, 4.69) is 51.1 Å². The summed E-state index contributed by atoms with van der Waals surface area (Å²) in [7, 11) is 0. The Morgan fingerprint density at radius 2 is 1.33 bits per heavy atom. The molecule has 0 aliphatic rings. The van der Waals surface area contributed by atoms with Crippen LogP contribution in [0, 0.1) is 0 Å². The van der Waals surface area contributed by atoms with E-state index in [4.69, 9.17) is 0 Å². The van der Waals surface area contributed by atoms with Gasteiger partial charge in [-0.15, -0.1) is 0 Å². The summed E-state index contributed by atoms with van der Waals surface area (Å²) in [5.74, 6) is 0. The molecule has 0 saturated carbocycles. The fourth-order valence-corrected chi connectivity index (χ4v) is 1.98. The van der Waals surface area contributed by atoms with Crippen molar-refractivity contribution in [3.8, 4) is 0 Å². The third-order valence-electron chi connectivity index (χ3n) is 3.37. The maximum atomic E-state index is 2.29. The van der Waals surface area contributed by atoms with E-state index in [1.807, 2.05) is 0 Å². The molecule has 1 aromatic carbocycles. The summed E-state index contributed by atoms with van der Waals surface area (Å²) >= 11 is 0. The van der Waals surface area contributed by atoms with Gasteiger partial charge in [-0.2, -0.15) is 0 Å². The first-order valence-corrected chi connectivity index (χ1v) is 5.65. The van der Waals surface area contributed by atoms with Gasteiger partial charge >= 0.3 is 19.5 Å². The summed E-state index contributed by atoms with van der Waals surface area (Å²) < 4.78 is 1.20. The molecule has 15 heavy (non-hydrogen) atoms. The second-order valence-electron chi connectivity index (χ2n) is 3.93. The zero-order valence-corrected chi connectivity index (χ0v) is 11.8. The number of nitrogens with zero attached hydrogens (tertiary/aromatic N) is 1. The molecule has 1 aromatic rings. The Morgan fingerprint density at radius 3 is 1.73 bits per heavy atom. The molecule has 0 radical (unpaired) electrons. The average Bonchev–Trinajstić information content (AvgIpc) is 2.28. The molecule has 0 heterocycles. The van der Waals surface area contributed by atoms with Crippen LogP contribution in [-0.2, 0) is 26.0 Å². The molecule has 84 valence electrons. The maximum absolute atomic E-state index is 2.29. The molecule has 1 nitrogen and oxygen atoms in total. The summed E-state index contributed by atoms with van der Waals surface area (Å²) in [5.41, 5.74) is 1.46. The van der Waals surface area contributed by atoms with Crippen molar-refractivity contribution in [2.24, 2.45) is 0 Å². The smallest absolute Gasteiger partial charge is 0.321 e. The molecular formula is C13H22NRu+3. The third kappa shape index (κ3) is 4.05. The fraction of sp³-hybridized carbons (Fsp3) is 0.538. The minimum atomic E-state index is 0. The van der Waals surface area contributed by atoms with Gasteiger partial charge in [-0.1, -0.05) is 30.3 Å². The van der Waals surface area contributed by atoms with Crippen molar-refractivity contribution in [2.45, 2.75) is 27.3 Å². The van der Waals surface area contributed by atoms with Crippen LogP contribution < -0.4 is 0 Å². The topological polar surface area (TPSA) is 0 Å². The first-order valence-electron chi connectivity index (χ1n) is 5.65. The number of hydrogen-bond acceptors (Lipinski definition) is 0. The molecule has 0 spiro atoms. The van der Waals surface area contributed by atoms with E-state index < -0.39 is 0 Å². The van der Waals surface area contributed by atoms with E-state index in [0.717, 1.165) is 0 Å². The average molecular weight is 293 g/mol. The van der Waals surface area contributed by atoms with Gasteiger partial charge in [0.15, 0.2) is 0 Å². The summed E-state index contributed by atoms with van der Waals surface area (Å²) in [5, 5.41) is 0. The first kappa shape index (κ1) is 14.8. The largest absolute Gasteiger partial charge is 2.00 e. The van der Waals surface area contributed by atoms with Crippen molar-refractivity contribution in [2.75, 3.05) is 19.6 Å². The van der Waals surface area contributed by atoms with Crippen LogP contribution in [-0.4, -0.2) is 24.1 Å². The molecule has 1 rings (SSSR count). The molecule has 0 bridgehead atoms. The maximum Gasteiger partial charge on any atom is 2.00 e. The van der Waals surface area contributed by atoms with E-state index in [1.165, 1.54) is 36.2 Å². The number of rotatable bonds is 5. The van der Waals surface area contributed by atoms with Gasteiger partial charge in [-0.05, 0) is 20.8 Å². The monoisotopic (exact) mass is 294 g/mol. The summed E-state index contributed by atoms with van der Waals surface area (Å²) in [4.78, 5) is 0. The quantitative estimate of drug-likeness (QED) is 0.578. The van der Waals surface area contributed by atoms with Gasteiger partial charge < -0.3 is 4.48 Å². The molecule has 0 saturated heterocycles. The number of quaternary nitrogens is 1. The summed E-state index contributed by atoms with van der Waals surface area (Å²) in [6, 6.07) is 10.8. The van der Waals surface area contributed by atoms with Crippen LogP contribution in [0.3, 0.4) is 0 Å². The van der Waals surface area contributed by atoms with E-state index >= 15 is 0 Å². The van der Waals surface area contributed by atoms with Crippen molar-refractivity contribution in [3.05, 3.63) is 35.9 Å². The Hall–Kier alpha value is -0.197. The molecular weight excluding hydrogens is 271 g/mol. The molecule has 2 heteroatoms. The molecule has 0 aliphatic carbocycles. The van der Waals surface area contributed by atoms with Crippen LogP contribution >= 0.6 is 0 Å². The van der Waals surface area contributed by atoms with Gasteiger partial charge in [0.1, 0.15) is 6.54 Å². The van der Waals surface area contributed by atoms with E-state index in [0.29, 0.717) is 0 Å². The van der Waals surface area contributed by atoms with Gasteiger partial charge in [0, 0.05) is 5.56 Å². The summed E-state index contributed by atoms with van der Waals surface area (Å²) in [6.07, 6.45) is 0. The molecule has 0 amide bonds. The van der Waals surface area contributed by atoms with Crippen molar-refractivity contribution < 1.29 is 24.0 Å². The minimum Gasteiger partial charge on any atom is -0.321 e. The van der Waals surface area contributed by atoms with Gasteiger partial charge in [0.2, 0.25) is 0 Å². The summed E-state index contributed by atoms with van der Waals surface area (Å²) in [6.45, 7) is 11.7. The predicted octanol–water partition coefficient (Wildman–Crippen LogP) is 3.06. The van der Waals surface area contributed by atoms with Crippen LogP contribution in [0.15, 0.2) is 30.3 Å². The normalized spacial score (nSPS) is 10.9. The Bertz CT molecular complexity index is 246. The van der Waals surface area contributed by atoms with E-state index in [1.54, 1.807) is 0 Å². The van der Waals surface area contributed by atoms with E-state index in [9.17, 15) is 0 Å². The Morgan fingerprint density at radius 1 is 0.867 bits per heavy atom. The van der Waals surface area contributed by atoms with Crippen LogP contribution in [0.4, 0.5) is 0 Å². The van der Waals surface area contributed by atoms with Crippen molar-refractivity contribution >= 4 is 0 Å². The zero-order valence-electron chi connectivity index (χ0n) is 10.0. The standard InChI is InChI=1S/C13H22N.Ru/c1-4-14(5-2,6-3)12-13-10-8-7-9-11-13;/h7-11H,4-6,12H2,1-3H3;/q+1;+2. The molecule has 0 fully saturated rings. The molecule has 0 aliphatic heterocycles. The van der Waals surface area contributed by atoms with Gasteiger partial charge in [0.25, 0.3) is 0 Å². The second kappa shape index (κ2) is 7.14. The van der Waals surface area contributed by atoms with Gasteiger partial charge in [-0.3, -0.25) is 0 Å². The molecule has 0 aromatic heterocycles. The van der Waals surface area contributed by atoms with Gasteiger partial charge in [-0.25, -0.2) is 0 Å². The van der Waals surface area contributed by atoms with Crippen molar-refractivity contribution in [3.63, 3.8) is 0 Å². The van der Waals surface area contributed by atoms with Crippen LogP contribution in [0.1, 0.15) is 26.3 Å². The van der Waals surface area contributed by atoms with Crippen molar-refractivity contribution in [1.29, 1.82) is 0 Å². The molecule has 0 atom stereocenters. The number of benzene rings is 1. The molecule has 0 N–H and O–H groups in total. The number of hydrogen-bond donors (Lipinski definition) is 0. The SMILES string of the molecule is CC[N+](CC)(CC)Cc1ccccc1.[Ru+2]. The van der Waals surface area contributed by atoms with Crippen LogP contribution in [0.25, 0.3) is 0 Å². The second-order valence-corrected chi connectivity index (χ2v) is 3.93. The Balaban J connectivity index is 0.00000196. The predicted molar refractivity (Wildman–Crippen MR) is 62.0 cm³/mol.